The van der Waals surface area contributed by atoms with Gasteiger partial charge in [-0.3, -0.25) is 9.63 Å². The standard InChI is InChI=1S/C21H24ClF2N2O2/c1-21(2,3)18(27)13-26-12-14(8-9-19(26)22)15(10-11-28-25-4)16-6-5-7-17(23)20(16)24/h5-10,12,25H,11,13H2,1-4H3/q+1/b15-10-. The highest BCUT2D eigenvalue weighted by Crippen LogP contribution is 2.27. The summed E-state index contributed by atoms with van der Waals surface area (Å²) >= 11 is 6.25. The Balaban J connectivity index is 2.52. The molecule has 4 nitrogen and oxygen atoms in total. The maximum atomic E-state index is 14.4. The summed E-state index contributed by atoms with van der Waals surface area (Å²) < 4.78 is 29.8. The Morgan fingerprint density at radius 3 is 2.61 bits per heavy atom. The van der Waals surface area contributed by atoms with Crippen molar-refractivity contribution in [1.29, 1.82) is 0 Å². The van der Waals surface area contributed by atoms with Gasteiger partial charge in [0.15, 0.2) is 17.8 Å². The molecule has 2 aromatic rings. The van der Waals surface area contributed by atoms with Gasteiger partial charge in [0.25, 0.3) is 5.15 Å². The Hall–Kier alpha value is -2.15. The molecule has 0 aliphatic rings. The average Bonchev–Trinajstić information content (AvgIpc) is 2.63. The van der Waals surface area contributed by atoms with Gasteiger partial charge in [-0.1, -0.05) is 32.9 Å². The normalized spacial score (nSPS) is 12.3. The molecule has 1 aromatic carbocycles. The summed E-state index contributed by atoms with van der Waals surface area (Å²) in [5.41, 5.74) is 3.11. The second-order valence-corrected chi connectivity index (χ2v) is 7.66. The molecule has 2 rings (SSSR count). The lowest BCUT2D eigenvalue weighted by molar-refractivity contribution is -0.682. The molecule has 0 aliphatic carbocycles. The zero-order valence-electron chi connectivity index (χ0n) is 16.4. The number of nitrogens with one attached hydrogen (secondary N) is 1. The number of ketones is 1. The Bertz CT molecular complexity index is 892. The summed E-state index contributed by atoms with van der Waals surface area (Å²) in [5.74, 6) is -1.90. The van der Waals surface area contributed by atoms with Crippen LogP contribution in [-0.4, -0.2) is 19.4 Å². The number of pyridine rings is 1. The quantitative estimate of drug-likeness (QED) is 0.324. The molecular formula is C21H24ClF2N2O2+. The van der Waals surface area contributed by atoms with E-state index in [0.29, 0.717) is 16.3 Å². The summed E-state index contributed by atoms with van der Waals surface area (Å²) in [4.78, 5) is 17.5. The minimum Gasteiger partial charge on any atom is -0.298 e. The number of nitrogens with zero attached hydrogens (tertiary/aromatic N) is 1. The van der Waals surface area contributed by atoms with E-state index >= 15 is 0 Å². The summed E-state index contributed by atoms with van der Waals surface area (Å²) in [5, 5.41) is 0.367. The van der Waals surface area contributed by atoms with E-state index in [-0.39, 0.29) is 24.5 Å². The first-order chi connectivity index (χ1) is 13.1. The summed E-state index contributed by atoms with van der Waals surface area (Å²) in [6, 6.07) is 7.30. The van der Waals surface area contributed by atoms with Crippen LogP contribution in [0.25, 0.3) is 5.57 Å². The van der Waals surface area contributed by atoms with Gasteiger partial charge in [-0.05, 0) is 35.4 Å². The number of hydrogen-bond acceptors (Lipinski definition) is 3. The minimum atomic E-state index is -0.953. The number of rotatable bonds is 7. The molecule has 1 aromatic heterocycles. The Morgan fingerprint density at radius 2 is 1.96 bits per heavy atom. The third kappa shape index (κ3) is 5.44. The van der Waals surface area contributed by atoms with E-state index in [4.69, 9.17) is 16.4 Å². The third-order valence-electron chi connectivity index (χ3n) is 4.19. The number of hydroxylamine groups is 1. The van der Waals surface area contributed by atoms with Gasteiger partial charge in [-0.25, -0.2) is 14.3 Å². The number of carbonyl (C=O) groups is 1. The zero-order valence-corrected chi connectivity index (χ0v) is 17.1. The van der Waals surface area contributed by atoms with Crippen LogP contribution in [0.4, 0.5) is 8.78 Å². The molecule has 0 unspecified atom stereocenters. The van der Waals surface area contributed by atoms with Crippen molar-refractivity contribution in [2.24, 2.45) is 5.41 Å². The molecule has 0 saturated heterocycles. The monoisotopic (exact) mass is 409 g/mol. The van der Waals surface area contributed by atoms with Crippen LogP contribution in [-0.2, 0) is 16.2 Å². The van der Waals surface area contributed by atoms with Crippen molar-refractivity contribution in [2.75, 3.05) is 13.7 Å². The van der Waals surface area contributed by atoms with Crippen molar-refractivity contribution < 1.29 is 23.0 Å². The van der Waals surface area contributed by atoms with Crippen LogP contribution in [0, 0.1) is 17.0 Å². The van der Waals surface area contributed by atoms with Gasteiger partial charge in [0, 0.05) is 29.7 Å². The van der Waals surface area contributed by atoms with Gasteiger partial charge in [0.05, 0.1) is 6.61 Å². The van der Waals surface area contributed by atoms with Gasteiger partial charge in [0.1, 0.15) is 0 Å². The molecule has 0 amide bonds. The van der Waals surface area contributed by atoms with Gasteiger partial charge >= 0.3 is 0 Å². The first kappa shape index (κ1) is 22.1. The van der Waals surface area contributed by atoms with E-state index in [2.05, 4.69) is 5.48 Å². The average molecular weight is 410 g/mol. The maximum absolute atomic E-state index is 14.4. The summed E-state index contributed by atoms with van der Waals surface area (Å²) in [6.45, 7) is 5.69. The van der Waals surface area contributed by atoms with Gasteiger partial charge in [-0.2, -0.15) is 4.57 Å². The zero-order chi connectivity index (χ0) is 20.9. The fourth-order valence-electron chi connectivity index (χ4n) is 2.50. The lowest BCUT2D eigenvalue weighted by Crippen LogP contribution is -2.43. The molecule has 0 aliphatic heterocycles. The van der Waals surface area contributed by atoms with Crippen molar-refractivity contribution in [3.05, 3.63) is 70.5 Å². The fourth-order valence-corrected chi connectivity index (χ4v) is 2.67. The minimum absolute atomic E-state index is 0.00229. The van der Waals surface area contributed by atoms with Gasteiger partial charge in [0.2, 0.25) is 12.3 Å². The summed E-state index contributed by atoms with van der Waals surface area (Å²) in [7, 11) is 1.60. The largest absolute Gasteiger partial charge is 0.298 e. The lowest BCUT2D eigenvalue weighted by Gasteiger charge is -2.15. The molecule has 150 valence electrons. The van der Waals surface area contributed by atoms with Crippen LogP contribution in [0.5, 0.6) is 0 Å². The lowest BCUT2D eigenvalue weighted by atomic mass is 9.91. The van der Waals surface area contributed by atoms with Crippen molar-refractivity contribution in [2.45, 2.75) is 27.3 Å². The predicted molar refractivity (Wildman–Crippen MR) is 105 cm³/mol. The molecule has 0 fully saturated rings. The van der Waals surface area contributed by atoms with Crippen molar-refractivity contribution in [3.8, 4) is 0 Å². The van der Waals surface area contributed by atoms with Gasteiger partial charge in [-0.15, -0.1) is 0 Å². The summed E-state index contributed by atoms with van der Waals surface area (Å²) in [6.07, 6.45) is 3.29. The molecule has 1 N–H and O–H groups in total. The topological polar surface area (TPSA) is 42.2 Å². The van der Waals surface area contributed by atoms with Crippen LogP contribution in [0.15, 0.2) is 42.6 Å². The van der Waals surface area contributed by atoms with Crippen molar-refractivity contribution in [3.63, 3.8) is 0 Å². The number of carbonyl (C=O) groups excluding carboxylic acids is 1. The fraction of sp³-hybridized carbons (Fsp3) is 0.333. The van der Waals surface area contributed by atoms with Crippen LogP contribution in [0.1, 0.15) is 31.9 Å². The number of benzene rings is 1. The highest BCUT2D eigenvalue weighted by Gasteiger charge is 2.27. The molecule has 0 saturated carbocycles. The maximum Gasteiger partial charge on any atom is 0.275 e. The van der Waals surface area contributed by atoms with E-state index in [1.54, 1.807) is 36.0 Å². The van der Waals surface area contributed by atoms with E-state index in [0.717, 1.165) is 6.07 Å². The van der Waals surface area contributed by atoms with Crippen LogP contribution >= 0.6 is 11.6 Å². The molecule has 0 atom stereocenters. The van der Waals surface area contributed by atoms with Crippen molar-refractivity contribution >= 4 is 23.0 Å². The second-order valence-electron chi connectivity index (χ2n) is 7.28. The Morgan fingerprint density at radius 1 is 1.25 bits per heavy atom. The molecular weight excluding hydrogens is 386 g/mol. The molecule has 7 heteroatoms. The third-order valence-corrected chi connectivity index (χ3v) is 4.53. The number of halogens is 3. The Kier molecular flexibility index (Phi) is 7.41. The molecule has 28 heavy (non-hydrogen) atoms. The number of aromatic nitrogens is 1. The van der Waals surface area contributed by atoms with E-state index in [1.165, 1.54) is 12.1 Å². The molecule has 0 radical (unpaired) electrons. The van der Waals surface area contributed by atoms with E-state index in [1.807, 2.05) is 20.8 Å². The molecule has 0 spiro atoms. The van der Waals surface area contributed by atoms with Crippen LogP contribution in [0.2, 0.25) is 5.15 Å². The number of hydrogen-bond donors (Lipinski definition) is 1. The number of Topliss-reactive ketones (excluding diaryl/α,β-unsaturated/α-hetero) is 1. The van der Waals surface area contributed by atoms with E-state index < -0.39 is 17.0 Å². The predicted octanol–water partition coefficient (Wildman–Crippen LogP) is 4.10. The first-order valence-electron chi connectivity index (χ1n) is 8.81. The molecule has 0 bridgehead atoms. The molecule has 1 heterocycles. The SMILES string of the molecule is CNOC/C=C(/c1ccc(Cl)[n+](CC(=O)C(C)(C)C)c1)c1cccc(F)c1F. The first-order valence-corrected chi connectivity index (χ1v) is 9.18. The second kappa shape index (κ2) is 9.37. The van der Waals surface area contributed by atoms with Gasteiger partial charge < -0.3 is 0 Å². The Labute approximate surface area is 168 Å². The highest BCUT2D eigenvalue weighted by molar-refractivity contribution is 6.28. The smallest absolute Gasteiger partial charge is 0.275 e. The van der Waals surface area contributed by atoms with E-state index in [9.17, 15) is 13.6 Å². The van der Waals surface area contributed by atoms with Crippen LogP contribution < -0.4 is 10.0 Å². The van der Waals surface area contributed by atoms with Crippen molar-refractivity contribution in [1.82, 2.24) is 5.48 Å². The van der Waals surface area contributed by atoms with Crippen LogP contribution in [0.3, 0.4) is 0 Å². The highest BCUT2D eigenvalue weighted by atomic mass is 35.5.